The van der Waals surface area contributed by atoms with Gasteiger partial charge in [-0.1, -0.05) is 0 Å². The van der Waals surface area contributed by atoms with Gasteiger partial charge in [-0.2, -0.15) is 0 Å². The maximum atomic E-state index is 5.27. The first kappa shape index (κ1) is 11.3. The predicted octanol–water partition coefficient (Wildman–Crippen LogP) is 2.51. The molecular formula is C14H17N3O. The maximum Gasteiger partial charge on any atom is 0.181 e. The van der Waals surface area contributed by atoms with Crippen molar-refractivity contribution in [3.8, 4) is 11.3 Å². The fraction of sp³-hybridized carbons (Fsp3) is 0.357. The van der Waals surface area contributed by atoms with Crippen molar-refractivity contribution in [2.45, 2.75) is 18.9 Å². The molecule has 1 saturated heterocycles. The van der Waals surface area contributed by atoms with Gasteiger partial charge in [0.2, 0.25) is 0 Å². The minimum Gasteiger partial charge on any atom is -0.444 e. The molecule has 0 spiro atoms. The zero-order valence-electron chi connectivity index (χ0n) is 10.2. The second kappa shape index (κ2) is 5.23. The number of oxazole rings is 1. The van der Waals surface area contributed by atoms with Gasteiger partial charge < -0.3 is 15.1 Å². The molecule has 0 aliphatic carbocycles. The summed E-state index contributed by atoms with van der Waals surface area (Å²) in [4.78, 5) is 3.92. The minimum absolute atomic E-state index is 0.537. The molecule has 3 rings (SSSR count). The van der Waals surface area contributed by atoms with Crippen molar-refractivity contribution in [1.29, 1.82) is 0 Å². The smallest absolute Gasteiger partial charge is 0.181 e. The van der Waals surface area contributed by atoms with Crippen molar-refractivity contribution in [3.63, 3.8) is 0 Å². The Labute approximate surface area is 106 Å². The Balaban J connectivity index is 1.67. The van der Waals surface area contributed by atoms with Crippen LogP contribution in [0.5, 0.6) is 0 Å². The van der Waals surface area contributed by atoms with E-state index in [-0.39, 0.29) is 0 Å². The summed E-state index contributed by atoms with van der Waals surface area (Å²) in [7, 11) is 0. The zero-order valence-corrected chi connectivity index (χ0v) is 10.2. The van der Waals surface area contributed by atoms with Crippen molar-refractivity contribution in [3.05, 3.63) is 36.9 Å². The lowest BCUT2D eigenvalue weighted by atomic mass is 10.1. The maximum absolute atomic E-state index is 5.27. The normalized spacial score (nSPS) is 19.7. The van der Waals surface area contributed by atoms with Crippen molar-refractivity contribution >= 4 is 5.69 Å². The fourth-order valence-electron chi connectivity index (χ4n) is 2.30. The molecule has 1 fully saturated rings. The molecule has 1 unspecified atom stereocenters. The van der Waals surface area contributed by atoms with Crippen LogP contribution in [0.2, 0.25) is 0 Å². The molecule has 0 saturated carbocycles. The monoisotopic (exact) mass is 243 g/mol. The summed E-state index contributed by atoms with van der Waals surface area (Å²) < 4.78 is 5.27. The number of hydrogen-bond acceptors (Lipinski definition) is 4. The van der Waals surface area contributed by atoms with E-state index in [1.807, 2.05) is 0 Å². The van der Waals surface area contributed by atoms with Crippen LogP contribution in [0.25, 0.3) is 11.3 Å². The van der Waals surface area contributed by atoms with Gasteiger partial charge in [-0.05, 0) is 43.7 Å². The average molecular weight is 243 g/mol. The molecule has 2 heterocycles. The number of rotatable bonds is 3. The average Bonchev–Trinajstić information content (AvgIpc) is 2.95. The number of aromatic nitrogens is 1. The van der Waals surface area contributed by atoms with Gasteiger partial charge in [0, 0.05) is 23.8 Å². The number of benzene rings is 1. The lowest BCUT2D eigenvalue weighted by Gasteiger charge is -2.24. The second-order valence-electron chi connectivity index (χ2n) is 4.63. The van der Waals surface area contributed by atoms with Crippen molar-refractivity contribution < 1.29 is 4.42 Å². The molecule has 0 bridgehead atoms. The largest absolute Gasteiger partial charge is 0.444 e. The van der Waals surface area contributed by atoms with E-state index < -0.39 is 0 Å². The van der Waals surface area contributed by atoms with Crippen LogP contribution < -0.4 is 10.6 Å². The minimum atomic E-state index is 0.537. The van der Waals surface area contributed by atoms with Crippen molar-refractivity contribution in [2.24, 2.45) is 0 Å². The third-order valence-electron chi connectivity index (χ3n) is 3.27. The van der Waals surface area contributed by atoms with Crippen LogP contribution in [0.4, 0.5) is 5.69 Å². The molecule has 4 nitrogen and oxygen atoms in total. The summed E-state index contributed by atoms with van der Waals surface area (Å²) in [6.07, 6.45) is 5.66. The third-order valence-corrected chi connectivity index (χ3v) is 3.27. The molecule has 1 aliphatic rings. The quantitative estimate of drug-likeness (QED) is 0.869. The summed E-state index contributed by atoms with van der Waals surface area (Å²) in [5, 5.41) is 6.95. The Kier molecular flexibility index (Phi) is 3.28. The summed E-state index contributed by atoms with van der Waals surface area (Å²) in [5.74, 6) is 0.806. The molecule has 1 aliphatic heterocycles. The Morgan fingerprint density at radius 3 is 2.83 bits per heavy atom. The highest BCUT2D eigenvalue weighted by Crippen LogP contribution is 2.21. The lowest BCUT2D eigenvalue weighted by Crippen LogP contribution is -2.38. The first-order valence-corrected chi connectivity index (χ1v) is 6.38. The first-order chi connectivity index (χ1) is 8.92. The van der Waals surface area contributed by atoms with E-state index in [1.54, 1.807) is 6.20 Å². The number of anilines is 1. The van der Waals surface area contributed by atoms with Gasteiger partial charge in [-0.15, -0.1) is 0 Å². The van der Waals surface area contributed by atoms with Crippen LogP contribution in [-0.2, 0) is 0 Å². The molecule has 0 amide bonds. The van der Waals surface area contributed by atoms with Gasteiger partial charge in [-0.3, -0.25) is 0 Å². The van der Waals surface area contributed by atoms with Gasteiger partial charge in [0.15, 0.2) is 12.2 Å². The van der Waals surface area contributed by atoms with Gasteiger partial charge in [-0.25, -0.2) is 4.98 Å². The third kappa shape index (κ3) is 2.54. The summed E-state index contributed by atoms with van der Waals surface area (Å²) in [6.45, 7) is 2.19. The second-order valence-corrected chi connectivity index (χ2v) is 4.63. The van der Waals surface area contributed by atoms with Crippen LogP contribution in [0.3, 0.4) is 0 Å². The number of nitrogens with one attached hydrogen (secondary N) is 2. The molecule has 1 atom stereocenters. The van der Waals surface area contributed by atoms with E-state index in [0.717, 1.165) is 30.1 Å². The Bertz CT molecular complexity index is 472. The zero-order chi connectivity index (χ0) is 12.2. The van der Waals surface area contributed by atoms with E-state index in [9.17, 15) is 0 Å². The predicted molar refractivity (Wildman–Crippen MR) is 71.5 cm³/mol. The van der Waals surface area contributed by atoms with Gasteiger partial charge in [0.1, 0.15) is 0 Å². The summed E-state index contributed by atoms with van der Waals surface area (Å²) in [5.41, 5.74) is 2.21. The van der Waals surface area contributed by atoms with Crippen molar-refractivity contribution in [2.75, 3.05) is 18.4 Å². The SMILES string of the molecule is c1ncc(-c2ccc(NC3CCCNC3)cc2)o1. The molecule has 2 aromatic rings. The Hall–Kier alpha value is -1.81. The topological polar surface area (TPSA) is 50.1 Å². The number of nitrogens with zero attached hydrogens (tertiary/aromatic N) is 1. The van der Waals surface area contributed by atoms with Crippen LogP contribution >= 0.6 is 0 Å². The van der Waals surface area contributed by atoms with E-state index >= 15 is 0 Å². The van der Waals surface area contributed by atoms with Gasteiger partial charge in [0.25, 0.3) is 0 Å². The molecule has 1 aromatic heterocycles. The number of piperidine rings is 1. The highest BCUT2D eigenvalue weighted by molar-refractivity contribution is 5.60. The number of hydrogen-bond donors (Lipinski definition) is 2. The first-order valence-electron chi connectivity index (χ1n) is 6.38. The van der Waals surface area contributed by atoms with Crippen LogP contribution in [0, 0.1) is 0 Å². The molecule has 4 heteroatoms. The van der Waals surface area contributed by atoms with Crippen LogP contribution in [0.15, 0.2) is 41.3 Å². The Morgan fingerprint density at radius 1 is 1.28 bits per heavy atom. The van der Waals surface area contributed by atoms with Gasteiger partial charge in [0.05, 0.1) is 6.20 Å². The Morgan fingerprint density at radius 2 is 2.17 bits per heavy atom. The summed E-state index contributed by atoms with van der Waals surface area (Å²) >= 11 is 0. The lowest BCUT2D eigenvalue weighted by molar-refractivity contribution is 0.480. The van der Waals surface area contributed by atoms with E-state index in [4.69, 9.17) is 4.42 Å². The van der Waals surface area contributed by atoms with E-state index in [1.165, 1.54) is 19.2 Å². The van der Waals surface area contributed by atoms with Crippen LogP contribution in [0.1, 0.15) is 12.8 Å². The highest BCUT2D eigenvalue weighted by Gasteiger charge is 2.12. The molecule has 1 aromatic carbocycles. The summed E-state index contributed by atoms with van der Waals surface area (Å²) in [6, 6.07) is 8.83. The molecule has 2 N–H and O–H groups in total. The fourth-order valence-corrected chi connectivity index (χ4v) is 2.30. The molecule has 94 valence electrons. The molecule has 0 radical (unpaired) electrons. The standard InChI is InChI=1S/C14H17N3O/c1-2-13(8-15-7-1)17-12-5-3-11(4-6-12)14-9-16-10-18-14/h3-6,9-10,13,15,17H,1-2,7-8H2. The van der Waals surface area contributed by atoms with E-state index in [2.05, 4.69) is 39.9 Å². The van der Waals surface area contributed by atoms with E-state index in [0.29, 0.717) is 6.04 Å². The van der Waals surface area contributed by atoms with Crippen LogP contribution in [-0.4, -0.2) is 24.1 Å². The highest BCUT2D eigenvalue weighted by atomic mass is 16.3. The molecule has 18 heavy (non-hydrogen) atoms. The van der Waals surface area contributed by atoms with Crippen molar-refractivity contribution in [1.82, 2.24) is 10.3 Å². The molecular weight excluding hydrogens is 226 g/mol. The van der Waals surface area contributed by atoms with Gasteiger partial charge >= 0.3 is 0 Å².